The van der Waals surface area contributed by atoms with Crippen LogP contribution in [-0.2, 0) is 16.6 Å². The molecular formula is C18H20N4O6S. The molecule has 1 saturated carbocycles. The van der Waals surface area contributed by atoms with E-state index in [-0.39, 0.29) is 34.6 Å². The van der Waals surface area contributed by atoms with Crippen LogP contribution < -0.4 is 20.1 Å². The molecule has 2 aromatic carbocycles. The molecule has 0 aromatic heterocycles. The van der Waals surface area contributed by atoms with Crippen LogP contribution >= 0.6 is 0 Å². The highest BCUT2D eigenvalue weighted by atomic mass is 32.2. The van der Waals surface area contributed by atoms with Crippen molar-refractivity contribution in [2.75, 3.05) is 12.4 Å². The predicted octanol–water partition coefficient (Wildman–Crippen LogP) is 2.37. The number of benzene rings is 2. The number of carbonyl (C=O) groups is 1. The summed E-state index contributed by atoms with van der Waals surface area (Å²) in [5.74, 6) is 0.274. The highest BCUT2D eigenvalue weighted by molar-refractivity contribution is 7.89. The lowest BCUT2D eigenvalue weighted by Gasteiger charge is -2.13. The molecule has 1 aliphatic rings. The van der Waals surface area contributed by atoms with Crippen molar-refractivity contribution in [1.29, 1.82) is 0 Å². The molecule has 0 atom stereocenters. The smallest absolute Gasteiger partial charge is 0.319 e. The van der Waals surface area contributed by atoms with Crippen LogP contribution in [0.3, 0.4) is 0 Å². The second-order valence-corrected chi connectivity index (χ2v) is 8.17. The Bertz CT molecular complexity index is 1040. The topological polar surface area (TPSA) is 140 Å². The Kier molecular flexibility index (Phi) is 5.99. The maximum atomic E-state index is 12.4. The number of hydrogen-bond acceptors (Lipinski definition) is 6. The molecular weight excluding hydrogens is 400 g/mol. The molecule has 0 saturated heterocycles. The fraction of sp³-hybridized carbons (Fsp3) is 0.278. The Morgan fingerprint density at radius 1 is 1.24 bits per heavy atom. The molecule has 0 radical (unpaired) electrons. The molecule has 3 rings (SSSR count). The number of nitrogens with one attached hydrogen (secondary N) is 3. The number of rotatable bonds is 8. The van der Waals surface area contributed by atoms with Crippen LogP contribution in [0.1, 0.15) is 18.4 Å². The van der Waals surface area contributed by atoms with Crippen LogP contribution in [-0.4, -0.2) is 32.5 Å². The molecule has 0 bridgehead atoms. The number of nitro benzene ring substituents is 1. The zero-order valence-electron chi connectivity index (χ0n) is 15.5. The fourth-order valence-corrected chi connectivity index (χ4v) is 3.95. The van der Waals surface area contributed by atoms with Gasteiger partial charge in [-0.15, -0.1) is 0 Å². The number of hydrogen-bond donors (Lipinski definition) is 3. The largest absolute Gasteiger partial charge is 0.495 e. The minimum Gasteiger partial charge on any atom is -0.495 e. The van der Waals surface area contributed by atoms with Gasteiger partial charge in [-0.1, -0.05) is 18.2 Å². The number of sulfonamides is 1. The first-order chi connectivity index (χ1) is 13.8. The van der Waals surface area contributed by atoms with Crippen molar-refractivity contribution in [1.82, 2.24) is 10.0 Å². The molecule has 10 nitrogen and oxygen atoms in total. The average Bonchev–Trinajstić information content (AvgIpc) is 3.49. The van der Waals surface area contributed by atoms with Crippen LogP contribution in [0, 0.1) is 10.1 Å². The zero-order chi connectivity index (χ0) is 21.0. The number of amides is 2. The van der Waals surface area contributed by atoms with Crippen molar-refractivity contribution in [3.63, 3.8) is 0 Å². The van der Waals surface area contributed by atoms with Crippen molar-refractivity contribution in [2.24, 2.45) is 0 Å². The highest BCUT2D eigenvalue weighted by Crippen LogP contribution is 2.29. The third-order valence-corrected chi connectivity index (χ3v) is 5.77. The fourth-order valence-electron chi connectivity index (χ4n) is 2.62. The normalized spacial score (nSPS) is 13.6. The molecule has 1 aliphatic carbocycles. The maximum Gasteiger partial charge on any atom is 0.319 e. The quantitative estimate of drug-likeness (QED) is 0.442. The number of carbonyl (C=O) groups excluding carboxylic acids is 1. The molecule has 2 amide bonds. The molecule has 29 heavy (non-hydrogen) atoms. The summed E-state index contributed by atoms with van der Waals surface area (Å²) in [6.45, 7) is -0.0769. The van der Waals surface area contributed by atoms with E-state index in [1.807, 2.05) is 0 Å². The molecule has 2 aromatic rings. The first kappa shape index (κ1) is 20.6. The van der Waals surface area contributed by atoms with Gasteiger partial charge in [0.15, 0.2) is 0 Å². The van der Waals surface area contributed by atoms with E-state index in [0.717, 1.165) is 12.8 Å². The van der Waals surface area contributed by atoms with Gasteiger partial charge >= 0.3 is 6.03 Å². The summed E-state index contributed by atoms with van der Waals surface area (Å²) in [6, 6.07) is 9.47. The molecule has 154 valence electrons. The van der Waals surface area contributed by atoms with Gasteiger partial charge in [0.25, 0.3) is 5.69 Å². The molecule has 0 spiro atoms. The number of methoxy groups -OCH3 is 1. The van der Waals surface area contributed by atoms with Gasteiger partial charge in [-0.25, -0.2) is 17.9 Å². The Labute approximate surface area is 167 Å². The van der Waals surface area contributed by atoms with E-state index in [9.17, 15) is 23.3 Å². The van der Waals surface area contributed by atoms with Gasteiger partial charge in [-0.2, -0.15) is 0 Å². The first-order valence-corrected chi connectivity index (χ1v) is 10.3. The monoisotopic (exact) mass is 420 g/mol. The van der Waals surface area contributed by atoms with E-state index < -0.39 is 21.0 Å². The average molecular weight is 420 g/mol. The van der Waals surface area contributed by atoms with Gasteiger partial charge in [0.05, 0.1) is 29.2 Å². The second-order valence-electron chi connectivity index (χ2n) is 6.45. The van der Waals surface area contributed by atoms with Crippen molar-refractivity contribution in [3.05, 3.63) is 58.1 Å². The van der Waals surface area contributed by atoms with Crippen LogP contribution in [0.2, 0.25) is 0 Å². The minimum atomic E-state index is -3.70. The standard InChI is InChI=1S/C18H20N4O6S/c1-28-17-9-8-14(29(26,27)21-13-6-7-13)10-15(17)20-18(23)19-11-12-4-2-3-5-16(12)22(24)25/h2-5,8-10,13,21H,6-7,11H2,1H3,(H2,19,20,23). The zero-order valence-corrected chi connectivity index (χ0v) is 16.4. The van der Waals surface area contributed by atoms with E-state index in [1.165, 1.54) is 43.5 Å². The molecule has 1 fully saturated rings. The van der Waals surface area contributed by atoms with E-state index in [2.05, 4.69) is 15.4 Å². The van der Waals surface area contributed by atoms with Gasteiger partial charge in [-0.05, 0) is 31.0 Å². The number of anilines is 1. The predicted molar refractivity (Wildman–Crippen MR) is 105 cm³/mol. The van der Waals surface area contributed by atoms with Gasteiger partial charge < -0.3 is 15.4 Å². The molecule has 3 N–H and O–H groups in total. The Balaban J connectivity index is 1.72. The lowest BCUT2D eigenvalue weighted by atomic mass is 10.2. The number of nitro groups is 1. The van der Waals surface area contributed by atoms with Gasteiger partial charge in [-0.3, -0.25) is 10.1 Å². The molecule has 11 heteroatoms. The van der Waals surface area contributed by atoms with Crippen molar-refractivity contribution in [3.8, 4) is 5.75 Å². The molecule has 0 aliphatic heterocycles. The summed E-state index contributed by atoms with van der Waals surface area (Å²) in [5.41, 5.74) is 0.389. The van der Waals surface area contributed by atoms with E-state index >= 15 is 0 Å². The van der Waals surface area contributed by atoms with Crippen LogP contribution in [0.5, 0.6) is 5.75 Å². The number of para-hydroxylation sites is 1. The SMILES string of the molecule is COc1ccc(S(=O)(=O)NC2CC2)cc1NC(=O)NCc1ccccc1[N+](=O)[O-]. The number of urea groups is 1. The van der Waals surface area contributed by atoms with Crippen molar-refractivity contribution in [2.45, 2.75) is 30.3 Å². The second kappa shape index (κ2) is 8.45. The highest BCUT2D eigenvalue weighted by Gasteiger charge is 2.28. The number of nitrogens with zero attached hydrogens (tertiary/aromatic N) is 1. The van der Waals surface area contributed by atoms with Crippen molar-refractivity contribution < 1.29 is 22.9 Å². The summed E-state index contributed by atoms with van der Waals surface area (Å²) >= 11 is 0. The van der Waals surface area contributed by atoms with Crippen LogP contribution in [0.25, 0.3) is 0 Å². The van der Waals surface area contributed by atoms with Gasteiger partial charge in [0, 0.05) is 17.7 Å². The lowest BCUT2D eigenvalue weighted by molar-refractivity contribution is -0.385. The Morgan fingerprint density at radius 2 is 1.97 bits per heavy atom. The van der Waals surface area contributed by atoms with Crippen LogP contribution in [0.4, 0.5) is 16.2 Å². The summed E-state index contributed by atoms with van der Waals surface area (Å²) in [4.78, 5) is 22.8. The Hall–Kier alpha value is -3.18. The Morgan fingerprint density at radius 3 is 2.62 bits per heavy atom. The van der Waals surface area contributed by atoms with Gasteiger partial charge in [0.2, 0.25) is 10.0 Å². The van der Waals surface area contributed by atoms with Gasteiger partial charge in [0.1, 0.15) is 5.75 Å². The third kappa shape index (κ3) is 5.21. The van der Waals surface area contributed by atoms with Crippen LogP contribution in [0.15, 0.2) is 47.4 Å². The summed E-state index contributed by atoms with van der Waals surface area (Å²) in [7, 11) is -2.31. The minimum absolute atomic E-state index is 0.000743. The number of ether oxygens (including phenoxy) is 1. The summed E-state index contributed by atoms with van der Waals surface area (Å²) in [5, 5.41) is 16.1. The summed E-state index contributed by atoms with van der Waals surface area (Å²) in [6.07, 6.45) is 1.60. The van der Waals surface area contributed by atoms with E-state index in [4.69, 9.17) is 4.74 Å². The summed E-state index contributed by atoms with van der Waals surface area (Å²) < 4.78 is 32.5. The molecule has 0 unspecified atom stereocenters. The molecule has 0 heterocycles. The van der Waals surface area contributed by atoms with Crippen molar-refractivity contribution >= 4 is 27.4 Å². The maximum absolute atomic E-state index is 12.4. The van der Waals surface area contributed by atoms with E-state index in [1.54, 1.807) is 6.07 Å². The first-order valence-electron chi connectivity index (χ1n) is 8.77. The van der Waals surface area contributed by atoms with E-state index in [0.29, 0.717) is 5.56 Å². The third-order valence-electron chi connectivity index (χ3n) is 4.26. The lowest BCUT2D eigenvalue weighted by Crippen LogP contribution is -2.29.